The standard InChI is InChI=1S/C21H27NO3/c1-14(5-6-15-7-9-17(23)10-8-15)22-13-16-3-2-4-19-18(16)11-12-20(24)21(19)25/h7-12,14,16,22-25H,2-6,13H2,1H3. The van der Waals surface area contributed by atoms with Crippen LogP contribution in [0.5, 0.6) is 17.2 Å². The fourth-order valence-corrected chi connectivity index (χ4v) is 3.67. The van der Waals surface area contributed by atoms with Gasteiger partial charge in [-0.05, 0) is 74.3 Å². The van der Waals surface area contributed by atoms with Crippen molar-refractivity contribution in [2.45, 2.75) is 51.0 Å². The summed E-state index contributed by atoms with van der Waals surface area (Å²) in [5.41, 5.74) is 3.31. The van der Waals surface area contributed by atoms with Crippen molar-refractivity contribution in [1.29, 1.82) is 0 Å². The van der Waals surface area contributed by atoms with E-state index in [0.717, 1.165) is 44.2 Å². The molecule has 4 heteroatoms. The van der Waals surface area contributed by atoms with Crippen LogP contribution in [0, 0.1) is 0 Å². The maximum atomic E-state index is 10.1. The van der Waals surface area contributed by atoms with E-state index < -0.39 is 0 Å². The fourth-order valence-electron chi connectivity index (χ4n) is 3.67. The van der Waals surface area contributed by atoms with Gasteiger partial charge in [-0.15, -0.1) is 0 Å². The van der Waals surface area contributed by atoms with Crippen molar-refractivity contribution < 1.29 is 15.3 Å². The molecule has 0 spiro atoms. The van der Waals surface area contributed by atoms with Gasteiger partial charge in [0, 0.05) is 18.2 Å². The predicted octanol–water partition coefficient (Wildman–Crippen LogP) is 3.83. The van der Waals surface area contributed by atoms with E-state index in [2.05, 4.69) is 12.2 Å². The Morgan fingerprint density at radius 3 is 2.60 bits per heavy atom. The van der Waals surface area contributed by atoms with Crippen molar-refractivity contribution in [1.82, 2.24) is 5.32 Å². The first-order valence-corrected chi connectivity index (χ1v) is 9.09. The Balaban J connectivity index is 1.54. The van der Waals surface area contributed by atoms with Gasteiger partial charge in [0.2, 0.25) is 0 Å². The molecule has 2 aromatic rings. The van der Waals surface area contributed by atoms with Crippen molar-refractivity contribution in [3.63, 3.8) is 0 Å². The molecule has 0 saturated heterocycles. The second-order valence-electron chi connectivity index (χ2n) is 7.10. The maximum Gasteiger partial charge on any atom is 0.160 e. The van der Waals surface area contributed by atoms with Crippen molar-refractivity contribution in [3.05, 3.63) is 53.1 Å². The molecule has 2 atom stereocenters. The van der Waals surface area contributed by atoms with Gasteiger partial charge in [0.15, 0.2) is 11.5 Å². The van der Waals surface area contributed by atoms with Gasteiger partial charge in [-0.3, -0.25) is 0 Å². The van der Waals surface area contributed by atoms with E-state index in [1.54, 1.807) is 18.2 Å². The van der Waals surface area contributed by atoms with E-state index in [-0.39, 0.29) is 11.5 Å². The number of fused-ring (bicyclic) bond motifs is 1. The van der Waals surface area contributed by atoms with Crippen molar-refractivity contribution >= 4 is 0 Å². The predicted molar refractivity (Wildman–Crippen MR) is 99.3 cm³/mol. The van der Waals surface area contributed by atoms with Gasteiger partial charge in [0.25, 0.3) is 0 Å². The summed E-state index contributed by atoms with van der Waals surface area (Å²) in [5, 5.41) is 32.7. The van der Waals surface area contributed by atoms with Crippen LogP contribution in [0.25, 0.3) is 0 Å². The van der Waals surface area contributed by atoms with Crippen LogP contribution in [0.3, 0.4) is 0 Å². The molecular weight excluding hydrogens is 314 g/mol. The molecule has 3 rings (SSSR count). The molecule has 0 amide bonds. The number of nitrogens with one attached hydrogen (secondary N) is 1. The van der Waals surface area contributed by atoms with Gasteiger partial charge in [-0.25, -0.2) is 0 Å². The molecule has 2 unspecified atom stereocenters. The van der Waals surface area contributed by atoms with Gasteiger partial charge in [0.1, 0.15) is 5.75 Å². The zero-order valence-electron chi connectivity index (χ0n) is 14.7. The molecule has 2 aromatic carbocycles. The summed E-state index contributed by atoms with van der Waals surface area (Å²) in [7, 11) is 0. The average molecular weight is 341 g/mol. The van der Waals surface area contributed by atoms with Gasteiger partial charge < -0.3 is 20.6 Å². The summed E-state index contributed by atoms with van der Waals surface area (Å²) in [5.74, 6) is 0.726. The highest BCUT2D eigenvalue weighted by Gasteiger charge is 2.24. The monoisotopic (exact) mass is 341 g/mol. The Morgan fingerprint density at radius 2 is 1.84 bits per heavy atom. The lowest BCUT2D eigenvalue weighted by atomic mass is 9.82. The second-order valence-corrected chi connectivity index (χ2v) is 7.10. The van der Waals surface area contributed by atoms with Gasteiger partial charge in [0.05, 0.1) is 0 Å². The number of hydrogen-bond donors (Lipinski definition) is 4. The highest BCUT2D eigenvalue weighted by atomic mass is 16.3. The third-order valence-corrected chi connectivity index (χ3v) is 5.23. The van der Waals surface area contributed by atoms with E-state index in [1.807, 2.05) is 18.2 Å². The Kier molecular flexibility index (Phi) is 5.49. The minimum absolute atomic E-state index is 0.0189. The first-order valence-electron chi connectivity index (χ1n) is 9.09. The number of benzene rings is 2. The van der Waals surface area contributed by atoms with E-state index >= 15 is 0 Å². The van der Waals surface area contributed by atoms with Crippen LogP contribution in [0.4, 0.5) is 0 Å². The number of rotatable bonds is 6. The van der Waals surface area contributed by atoms with Crippen molar-refractivity contribution in [2.75, 3.05) is 6.54 Å². The lowest BCUT2D eigenvalue weighted by Gasteiger charge is -2.28. The molecule has 0 bridgehead atoms. The Labute approximate surface area is 149 Å². The van der Waals surface area contributed by atoms with Crippen molar-refractivity contribution in [2.24, 2.45) is 0 Å². The first kappa shape index (κ1) is 17.6. The Bertz CT molecular complexity index is 712. The quantitative estimate of drug-likeness (QED) is 0.603. The van der Waals surface area contributed by atoms with Crippen LogP contribution in [0.15, 0.2) is 36.4 Å². The molecule has 0 aliphatic heterocycles. The van der Waals surface area contributed by atoms with E-state index in [4.69, 9.17) is 0 Å². The van der Waals surface area contributed by atoms with E-state index in [1.165, 1.54) is 11.1 Å². The Morgan fingerprint density at radius 1 is 1.08 bits per heavy atom. The smallest absolute Gasteiger partial charge is 0.160 e. The molecule has 0 fully saturated rings. The number of phenols is 3. The molecule has 0 aromatic heterocycles. The third-order valence-electron chi connectivity index (χ3n) is 5.23. The minimum Gasteiger partial charge on any atom is -0.508 e. The van der Waals surface area contributed by atoms with Crippen molar-refractivity contribution in [3.8, 4) is 17.2 Å². The number of aryl methyl sites for hydroxylation is 1. The summed E-state index contributed by atoms with van der Waals surface area (Å²) >= 11 is 0. The molecule has 1 aliphatic rings. The summed E-state index contributed by atoms with van der Waals surface area (Å²) in [4.78, 5) is 0. The maximum absolute atomic E-state index is 10.1. The zero-order chi connectivity index (χ0) is 17.8. The topological polar surface area (TPSA) is 72.7 Å². The van der Waals surface area contributed by atoms with Crippen LogP contribution >= 0.6 is 0 Å². The van der Waals surface area contributed by atoms with Crippen LogP contribution in [-0.2, 0) is 12.8 Å². The van der Waals surface area contributed by atoms with Gasteiger partial charge >= 0.3 is 0 Å². The van der Waals surface area contributed by atoms with E-state index in [0.29, 0.717) is 17.7 Å². The first-order chi connectivity index (χ1) is 12.0. The summed E-state index contributed by atoms with van der Waals surface area (Å²) < 4.78 is 0. The van der Waals surface area contributed by atoms with Gasteiger partial charge in [-0.1, -0.05) is 18.2 Å². The average Bonchev–Trinajstić information content (AvgIpc) is 2.62. The number of phenolic OH excluding ortho intramolecular Hbond substituents is 3. The zero-order valence-corrected chi connectivity index (χ0v) is 14.7. The molecule has 0 radical (unpaired) electrons. The summed E-state index contributed by atoms with van der Waals surface area (Å²) in [6.45, 7) is 3.08. The summed E-state index contributed by atoms with van der Waals surface area (Å²) in [6.07, 6.45) is 4.99. The molecule has 0 heterocycles. The highest BCUT2D eigenvalue weighted by Crippen LogP contribution is 2.40. The normalized spacial score (nSPS) is 17.9. The Hall–Kier alpha value is -2.20. The van der Waals surface area contributed by atoms with E-state index in [9.17, 15) is 15.3 Å². The number of hydrogen-bond acceptors (Lipinski definition) is 4. The lowest BCUT2D eigenvalue weighted by molar-refractivity contribution is 0.389. The van der Waals surface area contributed by atoms with Crippen LogP contribution < -0.4 is 5.32 Å². The highest BCUT2D eigenvalue weighted by molar-refractivity contribution is 5.51. The molecule has 4 nitrogen and oxygen atoms in total. The molecule has 0 saturated carbocycles. The van der Waals surface area contributed by atoms with Gasteiger partial charge in [-0.2, -0.15) is 0 Å². The molecular formula is C21H27NO3. The van der Waals surface area contributed by atoms with Crippen LogP contribution in [-0.4, -0.2) is 27.9 Å². The second kappa shape index (κ2) is 7.79. The van der Waals surface area contributed by atoms with Crippen LogP contribution in [0.1, 0.15) is 48.8 Å². The lowest BCUT2D eigenvalue weighted by Crippen LogP contribution is -2.32. The molecule has 25 heavy (non-hydrogen) atoms. The molecule has 4 N–H and O–H groups in total. The fraction of sp³-hybridized carbons (Fsp3) is 0.429. The minimum atomic E-state index is -0.0189. The SMILES string of the molecule is CC(CCc1ccc(O)cc1)NCC1CCCc2c1ccc(O)c2O. The number of aromatic hydroxyl groups is 3. The third kappa shape index (κ3) is 4.26. The van der Waals surface area contributed by atoms with Crippen LogP contribution in [0.2, 0.25) is 0 Å². The largest absolute Gasteiger partial charge is 0.508 e. The molecule has 1 aliphatic carbocycles. The molecule has 134 valence electrons. The summed E-state index contributed by atoms with van der Waals surface area (Å²) in [6, 6.07) is 11.3.